The van der Waals surface area contributed by atoms with E-state index in [4.69, 9.17) is 23.2 Å². The van der Waals surface area contributed by atoms with Crippen LogP contribution in [0.5, 0.6) is 0 Å². The fourth-order valence-corrected chi connectivity index (χ4v) is 2.34. The molecule has 5 heteroatoms. The van der Waals surface area contributed by atoms with E-state index in [0.717, 1.165) is 11.1 Å². The maximum atomic E-state index is 11.9. The molecule has 0 bridgehead atoms. The molecule has 0 unspecified atom stereocenters. The topological polar surface area (TPSA) is 41.1 Å². The van der Waals surface area contributed by atoms with Crippen LogP contribution in [-0.2, 0) is 11.3 Å². The highest BCUT2D eigenvalue weighted by Crippen LogP contribution is 2.16. The molecular formula is C17H18Cl2N2O. The van der Waals surface area contributed by atoms with Crippen molar-refractivity contribution < 1.29 is 4.79 Å². The highest BCUT2D eigenvalue weighted by molar-refractivity contribution is 6.31. The summed E-state index contributed by atoms with van der Waals surface area (Å²) in [7, 11) is 0. The lowest BCUT2D eigenvalue weighted by Crippen LogP contribution is -2.34. The van der Waals surface area contributed by atoms with Gasteiger partial charge in [0.1, 0.15) is 0 Å². The van der Waals surface area contributed by atoms with Crippen LogP contribution >= 0.6 is 23.2 Å². The van der Waals surface area contributed by atoms with Crippen LogP contribution < -0.4 is 10.6 Å². The van der Waals surface area contributed by atoms with Gasteiger partial charge in [0.2, 0.25) is 5.91 Å². The zero-order valence-electron chi connectivity index (χ0n) is 12.3. The Bertz CT molecular complexity index is 629. The zero-order valence-corrected chi connectivity index (χ0v) is 13.8. The van der Waals surface area contributed by atoms with Crippen LogP contribution in [0.25, 0.3) is 0 Å². The molecule has 2 N–H and O–H groups in total. The molecule has 0 spiro atoms. The first-order valence-electron chi connectivity index (χ1n) is 7.05. The van der Waals surface area contributed by atoms with E-state index in [1.807, 2.05) is 55.5 Å². The van der Waals surface area contributed by atoms with Gasteiger partial charge < -0.3 is 10.6 Å². The summed E-state index contributed by atoms with van der Waals surface area (Å²) in [5, 5.41) is 7.39. The lowest BCUT2D eigenvalue weighted by atomic mass is 10.1. The largest absolute Gasteiger partial charge is 0.351 e. The first-order valence-corrected chi connectivity index (χ1v) is 7.81. The van der Waals surface area contributed by atoms with Crippen molar-refractivity contribution in [2.75, 3.05) is 6.54 Å². The Morgan fingerprint density at radius 2 is 1.77 bits per heavy atom. The molecule has 0 saturated carbocycles. The van der Waals surface area contributed by atoms with Crippen molar-refractivity contribution >= 4 is 29.1 Å². The molecule has 2 aromatic rings. The molecule has 0 aliphatic rings. The van der Waals surface area contributed by atoms with Gasteiger partial charge in [0.25, 0.3) is 0 Å². The Balaban J connectivity index is 1.78. The van der Waals surface area contributed by atoms with Gasteiger partial charge in [-0.05, 0) is 36.2 Å². The van der Waals surface area contributed by atoms with E-state index in [0.29, 0.717) is 16.6 Å². The second-order valence-electron chi connectivity index (χ2n) is 5.02. The van der Waals surface area contributed by atoms with Crippen LogP contribution in [0.3, 0.4) is 0 Å². The highest BCUT2D eigenvalue weighted by Gasteiger charge is 2.08. The standard InChI is InChI=1S/C17H18Cl2N2O/c1-12(13-6-8-15(18)9-7-13)20-11-17(22)21-10-14-4-2-3-5-16(14)19/h2-9,12,20H,10-11H2,1H3,(H,21,22)/t12-/m0/s1. The van der Waals surface area contributed by atoms with Crippen molar-refractivity contribution in [3.63, 3.8) is 0 Å². The summed E-state index contributed by atoms with van der Waals surface area (Å²) in [6.07, 6.45) is 0. The number of hydrogen-bond acceptors (Lipinski definition) is 2. The summed E-state index contributed by atoms with van der Waals surface area (Å²) in [6, 6.07) is 15.1. The number of nitrogens with one attached hydrogen (secondary N) is 2. The van der Waals surface area contributed by atoms with E-state index in [1.165, 1.54) is 0 Å². The average Bonchev–Trinajstić information content (AvgIpc) is 2.52. The van der Waals surface area contributed by atoms with E-state index in [1.54, 1.807) is 0 Å². The third kappa shape index (κ3) is 5.02. The van der Waals surface area contributed by atoms with E-state index in [9.17, 15) is 4.79 Å². The maximum Gasteiger partial charge on any atom is 0.234 e. The minimum absolute atomic E-state index is 0.0688. The lowest BCUT2D eigenvalue weighted by Gasteiger charge is -2.14. The second kappa shape index (κ2) is 8.18. The zero-order chi connectivity index (χ0) is 15.9. The number of halogens is 2. The molecule has 0 saturated heterocycles. The Kier molecular flexibility index (Phi) is 6.25. The number of benzene rings is 2. The Morgan fingerprint density at radius 3 is 2.45 bits per heavy atom. The molecule has 3 nitrogen and oxygen atoms in total. The van der Waals surface area contributed by atoms with Crippen molar-refractivity contribution in [3.8, 4) is 0 Å². The van der Waals surface area contributed by atoms with Crippen LogP contribution in [0.2, 0.25) is 10.0 Å². The third-order valence-corrected chi connectivity index (χ3v) is 3.99. The SMILES string of the molecule is C[C@H](NCC(=O)NCc1ccccc1Cl)c1ccc(Cl)cc1. The Morgan fingerprint density at radius 1 is 1.09 bits per heavy atom. The van der Waals surface area contributed by atoms with Crippen molar-refractivity contribution in [3.05, 3.63) is 69.7 Å². The number of amides is 1. The van der Waals surface area contributed by atoms with Crippen LogP contribution in [0.4, 0.5) is 0 Å². The molecule has 0 heterocycles. The molecule has 2 aromatic carbocycles. The normalized spacial score (nSPS) is 12.0. The van der Waals surface area contributed by atoms with Gasteiger partial charge in [-0.1, -0.05) is 53.5 Å². The summed E-state index contributed by atoms with van der Waals surface area (Å²) >= 11 is 11.9. The second-order valence-corrected chi connectivity index (χ2v) is 5.87. The summed E-state index contributed by atoms with van der Waals surface area (Å²) < 4.78 is 0. The van der Waals surface area contributed by atoms with Gasteiger partial charge in [0.15, 0.2) is 0 Å². The first-order chi connectivity index (χ1) is 10.6. The van der Waals surface area contributed by atoms with Gasteiger partial charge in [0.05, 0.1) is 6.54 Å². The van der Waals surface area contributed by atoms with Gasteiger partial charge >= 0.3 is 0 Å². The smallest absolute Gasteiger partial charge is 0.234 e. The number of rotatable bonds is 6. The minimum atomic E-state index is -0.0688. The Hall–Kier alpha value is -1.55. The Labute approximate surface area is 140 Å². The van der Waals surface area contributed by atoms with E-state index in [-0.39, 0.29) is 18.5 Å². The van der Waals surface area contributed by atoms with E-state index in [2.05, 4.69) is 10.6 Å². The molecule has 1 amide bonds. The van der Waals surface area contributed by atoms with Crippen molar-refractivity contribution in [1.29, 1.82) is 0 Å². The van der Waals surface area contributed by atoms with Crippen molar-refractivity contribution in [2.24, 2.45) is 0 Å². The van der Waals surface area contributed by atoms with Crippen LogP contribution in [0.15, 0.2) is 48.5 Å². The highest BCUT2D eigenvalue weighted by atomic mass is 35.5. The molecule has 0 fully saturated rings. The van der Waals surface area contributed by atoms with E-state index < -0.39 is 0 Å². The minimum Gasteiger partial charge on any atom is -0.351 e. The van der Waals surface area contributed by atoms with Gasteiger partial charge in [-0.3, -0.25) is 4.79 Å². The average molecular weight is 337 g/mol. The molecule has 1 atom stereocenters. The molecule has 0 aromatic heterocycles. The number of hydrogen-bond donors (Lipinski definition) is 2. The molecular weight excluding hydrogens is 319 g/mol. The van der Waals surface area contributed by atoms with Gasteiger partial charge in [-0.2, -0.15) is 0 Å². The van der Waals surface area contributed by atoms with Crippen molar-refractivity contribution in [2.45, 2.75) is 19.5 Å². The summed E-state index contributed by atoms with van der Waals surface area (Å²) in [4.78, 5) is 11.9. The molecule has 22 heavy (non-hydrogen) atoms. The fraction of sp³-hybridized carbons (Fsp3) is 0.235. The first kappa shape index (κ1) is 16.8. The molecule has 0 aliphatic heterocycles. The summed E-state index contributed by atoms with van der Waals surface area (Å²) in [5.41, 5.74) is 1.99. The van der Waals surface area contributed by atoms with Gasteiger partial charge in [-0.25, -0.2) is 0 Å². The third-order valence-electron chi connectivity index (χ3n) is 3.37. The van der Waals surface area contributed by atoms with Gasteiger partial charge in [0, 0.05) is 22.6 Å². The molecule has 2 rings (SSSR count). The summed E-state index contributed by atoms with van der Waals surface area (Å²) in [5.74, 6) is -0.0688. The predicted molar refractivity (Wildman–Crippen MR) is 91.2 cm³/mol. The van der Waals surface area contributed by atoms with Gasteiger partial charge in [-0.15, -0.1) is 0 Å². The number of carbonyl (C=O) groups is 1. The summed E-state index contributed by atoms with van der Waals surface area (Å²) in [6.45, 7) is 2.67. The lowest BCUT2D eigenvalue weighted by molar-refractivity contribution is -0.120. The monoisotopic (exact) mass is 336 g/mol. The fourth-order valence-electron chi connectivity index (χ4n) is 2.01. The number of carbonyl (C=O) groups excluding carboxylic acids is 1. The van der Waals surface area contributed by atoms with Crippen LogP contribution in [0, 0.1) is 0 Å². The van der Waals surface area contributed by atoms with Crippen LogP contribution in [0.1, 0.15) is 24.1 Å². The molecule has 0 radical (unpaired) electrons. The predicted octanol–water partition coefficient (Wildman–Crippen LogP) is 3.96. The van der Waals surface area contributed by atoms with Crippen molar-refractivity contribution in [1.82, 2.24) is 10.6 Å². The van der Waals surface area contributed by atoms with E-state index >= 15 is 0 Å². The van der Waals surface area contributed by atoms with Crippen LogP contribution in [-0.4, -0.2) is 12.5 Å². The maximum absolute atomic E-state index is 11.9. The quantitative estimate of drug-likeness (QED) is 0.838. The molecule has 0 aliphatic carbocycles. The molecule has 116 valence electrons.